The molecule has 0 aromatic heterocycles. The van der Waals surface area contributed by atoms with Gasteiger partial charge in [-0.25, -0.2) is 8.42 Å². The third-order valence-corrected chi connectivity index (χ3v) is 9.10. The van der Waals surface area contributed by atoms with E-state index in [-0.39, 0.29) is 17.1 Å². The number of carbonyl (C=O) groups is 2. The summed E-state index contributed by atoms with van der Waals surface area (Å²) in [5.74, 6) is 5.62. The van der Waals surface area contributed by atoms with E-state index in [0.29, 0.717) is 35.4 Å². The summed E-state index contributed by atoms with van der Waals surface area (Å²) in [6.07, 6.45) is 0.551. The monoisotopic (exact) mass is 493 g/mol. The van der Waals surface area contributed by atoms with Gasteiger partial charge < -0.3 is 9.47 Å². The first kappa shape index (κ1) is 24.0. The van der Waals surface area contributed by atoms with Crippen LogP contribution in [0.25, 0.3) is 0 Å². The fraction of sp³-hybridized carbons (Fsp3) is 0.273. The molecule has 0 bridgehead atoms. The van der Waals surface area contributed by atoms with E-state index >= 15 is 0 Å². The van der Waals surface area contributed by atoms with Crippen molar-refractivity contribution in [3.63, 3.8) is 0 Å². The highest BCUT2D eigenvalue weighted by molar-refractivity contribution is 8.25. The van der Waals surface area contributed by atoms with Crippen LogP contribution in [0, 0.1) is 11.8 Å². The number of benzene rings is 2. The van der Waals surface area contributed by atoms with E-state index in [2.05, 4.69) is 17.2 Å². The molecule has 0 aliphatic carbocycles. The molecule has 0 radical (unpaired) electrons. The van der Waals surface area contributed by atoms with Crippen molar-refractivity contribution < 1.29 is 27.5 Å². The molecule has 0 saturated carbocycles. The van der Waals surface area contributed by atoms with Gasteiger partial charge in [-0.3, -0.25) is 14.9 Å². The molecular formula is C22H20ClNO6S2. The van der Waals surface area contributed by atoms with E-state index in [9.17, 15) is 18.0 Å². The summed E-state index contributed by atoms with van der Waals surface area (Å²) < 4.78 is 35.4. The minimum Gasteiger partial charge on any atom is -0.493 e. The van der Waals surface area contributed by atoms with Crippen molar-refractivity contribution in [3.8, 4) is 23.3 Å². The van der Waals surface area contributed by atoms with Crippen LogP contribution in [0.1, 0.15) is 24.8 Å². The first-order chi connectivity index (χ1) is 15.2. The Hall–Kier alpha value is -2.67. The number of hydrogen-bond donors (Lipinski definition) is 1. The first-order valence-electron chi connectivity index (χ1n) is 9.49. The third kappa shape index (κ3) is 4.72. The Morgan fingerprint density at radius 2 is 1.75 bits per heavy atom. The smallest absolute Gasteiger partial charge is 0.287 e. The molecule has 7 nitrogen and oxygen atoms in total. The second-order valence-electron chi connectivity index (χ2n) is 6.78. The topological polar surface area (TPSA) is 98.8 Å². The third-order valence-electron chi connectivity index (χ3n) is 4.80. The van der Waals surface area contributed by atoms with Crippen LogP contribution in [0.3, 0.4) is 0 Å². The van der Waals surface area contributed by atoms with Crippen molar-refractivity contribution in [2.24, 2.45) is 0 Å². The van der Waals surface area contributed by atoms with Gasteiger partial charge in [0.15, 0.2) is 11.5 Å². The summed E-state index contributed by atoms with van der Waals surface area (Å²) in [4.78, 5) is 24.5. The summed E-state index contributed by atoms with van der Waals surface area (Å²) in [6, 6.07) is 11.1. The largest absolute Gasteiger partial charge is 0.493 e. The predicted octanol–water partition coefficient (Wildman–Crippen LogP) is 4.03. The van der Waals surface area contributed by atoms with Crippen molar-refractivity contribution in [2.75, 3.05) is 14.2 Å². The highest BCUT2D eigenvalue weighted by Crippen LogP contribution is 2.45. The number of rotatable bonds is 7. The fourth-order valence-corrected chi connectivity index (χ4v) is 6.68. The van der Waals surface area contributed by atoms with E-state index < -0.39 is 25.1 Å². The van der Waals surface area contributed by atoms with E-state index in [0.717, 1.165) is 5.56 Å². The summed E-state index contributed by atoms with van der Waals surface area (Å²) in [7, 11) is -1.45. The summed E-state index contributed by atoms with van der Waals surface area (Å²) >= 11 is 6.33. The van der Waals surface area contributed by atoms with Crippen molar-refractivity contribution >= 4 is 44.3 Å². The number of hydrogen-bond acceptors (Lipinski definition) is 7. The van der Waals surface area contributed by atoms with Gasteiger partial charge in [0.25, 0.3) is 11.1 Å². The van der Waals surface area contributed by atoms with Crippen LogP contribution in [0.4, 0.5) is 4.79 Å². The van der Waals surface area contributed by atoms with E-state index in [1.54, 1.807) is 24.3 Å². The van der Waals surface area contributed by atoms with E-state index in [1.165, 1.54) is 32.4 Å². The fourth-order valence-electron chi connectivity index (χ4n) is 3.17. The Kier molecular flexibility index (Phi) is 7.39. The second-order valence-corrected chi connectivity index (χ2v) is 10.9. The molecule has 1 aliphatic heterocycles. The Morgan fingerprint density at radius 1 is 1.06 bits per heavy atom. The number of carbonyl (C=O) groups excluding carboxylic acids is 2. The van der Waals surface area contributed by atoms with Crippen molar-refractivity contribution in [1.29, 1.82) is 0 Å². The summed E-state index contributed by atoms with van der Waals surface area (Å²) in [5.41, 5.74) is 0.769. The van der Waals surface area contributed by atoms with Gasteiger partial charge in [0.2, 0.25) is 13.9 Å². The van der Waals surface area contributed by atoms with Gasteiger partial charge in [-0.05, 0) is 61.0 Å². The predicted molar refractivity (Wildman–Crippen MR) is 123 cm³/mol. The number of thioether (sulfide) groups is 1. The molecule has 10 heteroatoms. The van der Waals surface area contributed by atoms with Crippen LogP contribution in [0.15, 0.2) is 47.4 Å². The van der Waals surface area contributed by atoms with Gasteiger partial charge in [-0.2, -0.15) is 0 Å². The average Bonchev–Trinajstić information content (AvgIpc) is 3.08. The van der Waals surface area contributed by atoms with Gasteiger partial charge >= 0.3 is 0 Å². The molecule has 2 aromatic carbocycles. The van der Waals surface area contributed by atoms with Gasteiger partial charge in [-0.15, -0.1) is 0 Å². The lowest BCUT2D eigenvalue weighted by atomic mass is 10.1. The van der Waals surface area contributed by atoms with Crippen LogP contribution in [-0.4, -0.2) is 37.9 Å². The van der Waals surface area contributed by atoms with E-state index in [4.69, 9.17) is 21.1 Å². The highest BCUT2D eigenvalue weighted by Gasteiger charge is 2.58. The normalized spacial score (nSPS) is 18.0. The molecular weight excluding hydrogens is 474 g/mol. The Balaban J connectivity index is 1.85. The number of nitrogens with one attached hydrogen (secondary N) is 1. The molecule has 1 heterocycles. The molecule has 168 valence electrons. The number of amides is 2. The molecule has 1 fully saturated rings. The maximum Gasteiger partial charge on any atom is 0.287 e. The molecule has 1 N–H and O–H groups in total. The highest BCUT2D eigenvalue weighted by atomic mass is 35.5. The Labute approximate surface area is 195 Å². The molecule has 2 amide bonds. The zero-order valence-corrected chi connectivity index (χ0v) is 19.7. The molecule has 1 atom stereocenters. The van der Waals surface area contributed by atoms with Crippen molar-refractivity contribution in [1.82, 2.24) is 5.32 Å². The number of methoxy groups -OCH3 is 2. The van der Waals surface area contributed by atoms with Crippen LogP contribution in [-0.2, 0) is 14.6 Å². The number of sulfone groups is 1. The lowest BCUT2D eigenvalue weighted by Gasteiger charge is -2.24. The number of imide groups is 1. The molecule has 32 heavy (non-hydrogen) atoms. The van der Waals surface area contributed by atoms with Crippen LogP contribution >= 0.6 is 23.4 Å². The minimum atomic E-state index is -4.25. The zero-order chi connectivity index (χ0) is 23.4. The van der Waals surface area contributed by atoms with Gasteiger partial charge in [0, 0.05) is 23.1 Å². The summed E-state index contributed by atoms with van der Waals surface area (Å²) in [5, 5.41) is 2.01. The molecule has 3 rings (SSSR count). The quantitative estimate of drug-likeness (QED) is 0.459. The lowest BCUT2D eigenvalue weighted by molar-refractivity contribution is -0.120. The number of ether oxygens (including phenoxy) is 2. The first-order valence-corrected chi connectivity index (χ1v) is 12.2. The standard InChI is InChI=1S/C22H20ClNO6S2/c1-29-18-12-11-17(14-19(18)30-2)32(27,28)22(20(25)24-21(26)31-22)13-5-3-4-6-15-7-9-16(23)10-8-15/h7-12,14H,3,5,13H2,1-2H3,(H,24,25,26). The van der Waals surface area contributed by atoms with Crippen molar-refractivity contribution in [2.45, 2.75) is 28.2 Å². The molecule has 1 saturated heterocycles. The average molecular weight is 494 g/mol. The van der Waals surface area contributed by atoms with E-state index in [1.807, 2.05) is 0 Å². The molecule has 2 aromatic rings. The SMILES string of the molecule is COc1ccc(S(=O)(=O)C2(CCCC#Cc3ccc(Cl)cc3)SC(=O)NC2=O)cc1OC. The Bertz CT molecular complexity index is 1200. The molecule has 1 aliphatic rings. The molecule has 0 spiro atoms. The molecule has 1 unspecified atom stereocenters. The number of unbranched alkanes of at least 4 members (excludes halogenated alkanes) is 1. The maximum atomic E-state index is 13.5. The number of halogens is 1. The van der Waals surface area contributed by atoms with Crippen LogP contribution in [0.2, 0.25) is 5.02 Å². The maximum absolute atomic E-state index is 13.5. The second kappa shape index (κ2) is 9.86. The van der Waals surface area contributed by atoms with Crippen LogP contribution in [0.5, 0.6) is 11.5 Å². The summed E-state index contributed by atoms with van der Waals surface area (Å²) in [6.45, 7) is 0. The minimum absolute atomic E-state index is 0.0821. The zero-order valence-electron chi connectivity index (χ0n) is 17.3. The van der Waals surface area contributed by atoms with Gasteiger partial charge in [0.05, 0.1) is 19.1 Å². The van der Waals surface area contributed by atoms with Gasteiger partial charge in [0.1, 0.15) is 0 Å². The van der Waals surface area contributed by atoms with Gasteiger partial charge in [-0.1, -0.05) is 23.4 Å². The Morgan fingerprint density at radius 3 is 2.34 bits per heavy atom. The van der Waals surface area contributed by atoms with Crippen molar-refractivity contribution in [3.05, 3.63) is 53.1 Å². The lowest BCUT2D eigenvalue weighted by Crippen LogP contribution is -2.43. The van der Waals surface area contributed by atoms with Crippen LogP contribution < -0.4 is 14.8 Å².